The predicted octanol–water partition coefficient (Wildman–Crippen LogP) is 7.84. The van der Waals surface area contributed by atoms with Gasteiger partial charge in [0.05, 0.1) is 0 Å². The van der Waals surface area contributed by atoms with Crippen molar-refractivity contribution in [3.63, 3.8) is 0 Å². The Labute approximate surface area is 153 Å². The smallest absolute Gasteiger partial charge is 0.335 e. The van der Waals surface area contributed by atoms with Gasteiger partial charge in [0.25, 0.3) is 0 Å². The van der Waals surface area contributed by atoms with Crippen LogP contribution in [0.2, 0.25) is 0 Å². The first kappa shape index (κ1) is 33.3. The molecule has 0 radical (unpaired) electrons. The van der Waals surface area contributed by atoms with Crippen molar-refractivity contribution in [2.75, 3.05) is 0 Å². The molecular formula is C20H46W. The van der Waals surface area contributed by atoms with E-state index in [4.69, 9.17) is 0 Å². The van der Waals surface area contributed by atoms with Crippen molar-refractivity contribution in [1.82, 2.24) is 0 Å². The zero-order valence-corrected chi connectivity index (χ0v) is 20.2. The Hall–Kier alpha value is 0.688. The molecule has 0 unspecified atom stereocenters. The summed E-state index contributed by atoms with van der Waals surface area (Å²) in [5.74, 6) is 3.50. The van der Waals surface area contributed by atoms with E-state index in [1.165, 1.54) is 12.8 Å². The molecule has 0 atom stereocenters. The van der Waals surface area contributed by atoms with Crippen LogP contribution in [0.4, 0.5) is 0 Å². The average Bonchev–Trinajstić information content (AvgIpc) is 2.15. The number of hydrogen-bond acceptors (Lipinski definition) is 0. The quantitative estimate of drug-likeness (QED) is 0.367. The molecule has 0 saturated heterocycles. The van der Waals surface area contributed by atoms with E-state index in [0.717, 1.165) is 23.7 Å². The zero-order valence-electron chi connectivity index (χ0n) is 17.3. The molecule has 0 spiro atoms. The number of hydrogen-bond donors (Lipinski definition) is 0. The van der Waals surface area contributed by atoms with E-state index in [1.807, 2.05) is 40.5 Å². The minimum absolute atomic E-state index is 0. The Morgan fingerprint density at radius 3 is 0.571 bits per heavy atom. The summed E-state index contributed by atoms with van der Waals surface area (Å²) in [5.41, 5.74) is 0. The summed E-state index contributed by atoms with van der Waals surface area (Å²) in [4.78, 5) is 0. The van der Waals surface area contributed by atoms with Crippen LogP contribution < -0.4 is 0 Å². The van der Waals surface area contributed by atoms with Crippen LogP contribution in [-0.2, 0) is 21.1 Å². The Bertz CT molecular complexity index is 97.8. The Balaban J connectivity index is -0.0000000576. The molecule has 0 aliphatic rings. The van der Waals surface area contributed by atoms with Gasteiger partial charge in [-0.2, -0.15) is 27.7 Å². The van der Waals surface area contributed by atoms with Gasteiger partial charge in [0.1, 0.15) is 0 Å². The average molecular weight is 470 g/mol. The monoisotopic (exact) mass is 470 g/mol. The second kappa shape index (κ2) is 28.8. The topological polar surface area (TPSA) is 0 Å². The summed E-state index contributed by atoms with van der Waals surface area (Å²) in [7, 11) is 0. The molecule has 0 aromatic carbocycles. The van der Waals surface area contributed by atoms with Gasteiger partial charge in [-0.1, -0.05) is 55.4 Å². The van der Waals surface area contributed by atoms with Gasteiger partial charge in [-0.3, -0.25) is 0 Å². The van der Waals surface area contributed by atoms with Crippen molar-refractivity contribution >= 4 is 0 Å². The minimum atomic E-state index is 0. The van der Waals surface area contributed by atoms with E-state index in [-0.39, 0.29) is 21.1 Å². The van der Waals surface area contributed by atoms with Crippen LogP contribution in [0, 0.1) is 36.5 Å². The first-order valence-electron chi connectivity index (χ1n) is 8.56. The largest absolute Gasteiger partial charge is 2.00 e. The van der Waals surface area contributed by atoms with Gasteiger partial charge in [0.15, 0.2) is 0 Å². The van der Waals surface area contributed by atoms with Crippen molar-refractivity contribution in [2.24, 2.45) is 23.7 Å². The van der Waals surface area contributed by atoms with Gasteiger partial charge >= 0.3 is 21.1 Å². The Morgan fingerprint density at radius 1 is 0.476 bits per heavy atom. The van der Waals surface area contributed by atoms with Crippen molar-refractivity contribution < 1.29 is 21.1 Å². The summed E-state index contributed by atoms with van der Waals surface area (Å²) >= 11 is 0. The van der Waals surface area contributed by atoms with Gasteiger partial charge < -0.3 is 12.8 Å². The van der Waals surface area contributed by atoms with Crippen LogP contribution in [0.3, 0.4) is 0 Å². The summed E-state index contributed by atoms with van der Waals surface area (Å²) in [6, 6.07) is 0. The maximum absolute atomic E-state index is 2.26. The Morgan fingerprint density at radius 2 is 0.571 bits per heavy atom. The molecule has 0 saturated carbocycles. The van der Waals surface area contributed by atoms with E-state index in [2.05, 4.69) is 55.4 Å². The van der Waals surface area contributed by atoms with Gasteiger partial charge in [-0.25, -0.2) is 0 Å². The van der Waals surface area contributed by atoms with Crippen LogP contribution >= 0.6 is 0 Å². The van der Waals surface area contributed by atoms with E-state index in [9.17, 15) is 0 Å². The van der Waals surface area contributed by atoms with Crippen LogP contribution in [0.25, 0.3) is 0 Å². The van der Waals surface area contributed by atoms with Crippen molar-refractivity contribution in [1.29, 1.82) is 0 Å². The normalized spacial score (nSPS) is 9.14. The fraction of sp³-hybridized carbons (Fsp3) is 0.900. The molecule has 0 amide bonds. The van der Waals surface area contributed by atoms with Crippen LogP contribution in [-0.4, -0.2) is 0 Å². The first-order valence-corrected chi connectivity index (χ1v) is 8.56. The third-order valence-electron chi connectivity index (χ3n) is 1.89. The fourth-order valence-corrected chi connectivity index (χ4v) is 1.89. The molecule has 1 heteroatoms. The first-order chi connectivity index (χ1) is 9.08. The standard InChI is InChI=1S/2C7H16.2C3H7.W/c2*1-6(2)5-7(3)4;2*1-3-2;/h2*6-7H,5H2,1-4H3;2*3H,1-2H3;/q;;2*-1;+2. The third-order valence-corrected chi connectivity index (χ3v) is 1.89. The molecule has 0 fully saturated rings. The van der Waals surface area contributed by atoms with Crippen molar-refractivity contribution in [2.45, 2.75) is 95.9 Å². The molecule has 0 rings (SSSR count). The summed E-state index contributed by atoms with van der Waals surface area (Å²) in [6.45, 7) is 26.1. The molecule has 0 N–H and O–H groups in total. The number of rotatable bonds is 4. The third kappa shape index (κ3) is 95.7. The maximum atomic E-state index is 2.26. The summed E-state index contributed by atoms with van der Waals surface area (Å²) in [5, 5.41) is 0. The zero-order chi connectivity index (χ0) is 17.1. The van der Waals surface area contributed by atoms with E-state index in [1.54, 1.807) is 0 Å². The minimum Gasteiger partial charge on any atom is -0.335 e. The van der Waals surface area contributed by atoms with Gasteiger partial charge in [-0.15, -0.1) is 0 Å². The molecule has 0 heterocycles. The molecule has 0 nitrogen and oxygen atoms in total. The van der Waals surface area contributed by atoms with Crippen molar-refractivity contribution in [3.8, 4) is 0 Å². The van der Waals surface area contributed by atoms with E-state index < -0.39 is 0 Å². The van der Waals surface area contributed by atoms with E-state index >= 15 is 0 Å². The van der Waals surface area contributed by atoms with Crippen LogP contribution in [0.15, 0.2) is 0 Å². The van der Waals surface area contributed by atoms with Gasteiger partial charge in [0, 0.05) is 0 Å². The summed E-state index contributed by atoms with van der Waals surface area (Å²) < 4.78 is 0. The molecular weight excluding hydrogens is 424 g/mol. The van der Waals surface area contributed by atoms with Crippen LogP contribution in [0.1, 0.15) is 95.9 Å². The molecule has 0 aromatic rings. The fourth-order valence-electron chi connectivity index (χ4n) is 1.89. The second-order valence-electron chi connectivity index (χ2n) is 7.20. The predicted molar refractivity (Wildman–Crippen MR) is 99.9 cm³/mol. The molecule has 132 valence electrons. The second-order valence-corrected chi connectivity index (χ2v) is 7.20. The Kier molecular flexibility index (Phi) is 45.7. The van der Waals surface area contributed by atoms with E-state index in [0.29, 0.717) is 0 Å². The molecule has 0 bridgehead atoms. The molecule has 0 aromatic heterocycles. The van der Waals surface area contributed by atoms with Crippen molar-refractivity contribution in [3.05, 3.63) is 12.8 Å². The van der Waals surface area contributed by atoms with Gasteiger partial charge in [0.2, 0.25) is 0 Å². The maximum Gasteiger partial charge on any atom is 2.00 e. The van der Waals surface area contributed by atoms with Gasteiger partial charge in [-0.05, 0) is 36.5 Å². The van der Waals surface area contributed by atoms with Crippen LogP contribution in [0.5, 0.6) is 0 Å². The summed E-state index contributed by atoms with van der Waals surface area (Å²) in [6.07, 6.45) is 6.72. The molecule has 21 heavy (non-hydrogen) atoms. The molecule has 0 aliphatic heterocycles. The molecule has 0 aliphatic carbocycles. The SMILES string of the molecule is CC(C)CC(C)C.CC(C)CC(C)C.C[CH-]C.C[CH-]C.[W+2].